The van der Waals surface area contributed by atoms with E-state index in [0.717, 1.165) is 6.42 Å². The minimum atomic E-state index is 0.0169. The zero-order valence-electron chi connectivity index (χ0n) is 6.81. The van der Waals surface area contributed by atoms with E-state index in [-0.39, 0.29) is 12.0 Å². The van der Waals surface area contributed by atoms with Gasteiger partial charge in [-0.15, -0.1) is 0 Å². The summed E-state index contributed by atoms with van der Waals surface area (Å²) in [7, 11) is 1.67. The molecule has 0 rings (SSSR count). The van der Waals surface area contributed by atoms with E-state index in [9.17, 15) is 4.79 Å². The Hall–Kier alpha value is -0.570. The molecule has 0 aliphatic carbocycles. The van der Waals surface area contributed by atoms with Crippen molar-refractivity contribution in [1.82, 2.24) is 5.32 Å². The van der Waals surface area contributed by atoms with Crippen LogP contribution < -0.4 is 5.32 Å². The molecular weight excluding hydrogens is 130 g/mol. The van der Waals surface area contributed by atoms with E-state index in [0.29, 0.717) is 6.54 Å². The molecule has 0 saturated carbocycles. The molecule has 0 spiro atoms. The van der Waals surface area contributed by atoms with E-state index in [4.69, 9.17) is 4.74 Å². The maximum Gasteiger partial charge on any atom is 0.216 e. The van der Waals surface area contributed by atoms with E-state index in [1.165, 1.54) is 6.92 Å². The van der Waals surface area contributed by atoms with Crippen molar-refractivity contribution in [2.75, 3.05) is 13.7 Å². The van der Waals surface area contributed by atoms with E-state index in [1.807, 2.05) is 6.92 Å². The van der Waals surface area contributed by atoms with E-state index in [1.54, 1.807) is 7.11 Å². The zero-order chi connectivity index (χ0) is 7.98. The van der Waals surface area contributed by atoms with Crippen LogP contribution in [0, 0.1) is 0 Å². The molecular formula is C7H15NO2. The molecule has 0 radical (unpaired) electrons. The van der Waals surface area contributed by atoms with Gasteiger partial charge in [-0.2, -0.15) is 0 Å². The van der Waals surface area contributed by atoms with Gasteiger partial charge in [-0.05, 0) is 13.3 Å². The average molecular weight is 145 g/mol. The minimum absolute atomic E-state index is 0.0169. The fourth-order valence-electron chi connectivity index (χ4n) is 0.569. The highest BCUT2D eigenvalue weighted by Crippen LogP contribution is 1.91. The van der Waals surface area contributed by atoms with Crippen LogP contribution in [0.4, 0.5) is 0 Å². The topological polar surface area (TPSA) is 38.3 Å². The summed E-state index contributed by atoms with van der Waals surface area (Å²) < 4.78 is 4.98. The summed E-state index contributed by atoms with van der Waals surface area (Å²) in [6, 6.07) is 0. The van der Waals surface area contributed by atoms with Crippen LogP contribution in [-0.2, 0) is 9.53 Å². The number of amides is 1. The van der Waals surface area contributed by atoms with Gasteiger partial charge in [0, 0.05) is 20.6 Å². The van der Waals surface area contributed by atoms with Gasteiger partial charge in [0.15, 0.2) is 0 Å². The lowest BCUT2D eigenvalue weighted by atomic mass is 10.3. The van der Waals surface area contributed by atoms with Crippen molar-refractivity contribution in [3.05, 3.63) is 0 Å². The number of ether oxygens (including phenoxy) is 1. The summed E-state index contributed by atoms with van der Waals surface area (Å²) in [5.41, 5.74) is 0. The van der Waals surface area contributed by atoms with Gasteiger partial charge < -0.3 is 10.1 Å². The van der Waals surface area contributed by atoms with E-state index < -0.39 is 0 Å². The Balaban J connectivity index is 3.11. The van der Waals surface area contributed by atoms with Gasteiger partial charge in [0.2, 0.25) is 5.91 Å². The predicted octanol–water partition coefficient (Wildman–Crippen LogP) is 0.547. The first-order chi connectivity index (χ1) is 4.66. The number of rotatable bonds is 4. The van der Waals surface area contributed by atoms with Crippen LogP contribution >= 0.6 is 0 Å². The molecule has 0 aromatic carbocycles. The normalized spacial score (nSPS) is 12.7. The molecule has 1 atom stereocenters. The number of carbonyl (C=O) groups is 1. The molecule has 1 N–H and O–H groups in total. The maximum atomic E-state index is 10.4. The van der Waals surface area contributed by atoms with Crippen molar-refractivity contribution >= 4 is 5.91 Å². The minimum Gasteiger partial charge on any atom is -0.382 e. The van der Waals surface area contributed by atoms with Gasteiger partial charge in [-0.3, -0.25) is 4.79 Å². The first kappa shape index (κ1) is 9.43. The lowest BCUT2D eigenvalue weighted by Crippen LogP contribution is -2.24. The first-order valence-electron chi connectivity index (χ1n) is 3.44. The fourth-order valence-corrected chi connectivity index (χ4v) is 0.569. The van der Waals surface area contributed by atoms with Crippen molar-refractivity contribution in [2.24, 2.45) is 0 Å². The maximum absolute atomic E-state index is 10.4. The highest BCUT2D eigenvalue weighted by Gasteiger charge is 1.97. The highest BCUT2D eigenvalue weighted by atomic mass is 16.5. The Bertz CT molecular complexity index is 104. The lowest BCUT2D eigenvalue weighted by Gasteiger charge is -2.08. The Morgan fingerprint density at radius 1 is 1.70 bits per heavy atom. The molecule has 60 valence electrons. The zero-order valence-corrected chi connectivity index (χ0v) is 6.81. The van der Waals surface area contributed by atoms with Gasteiger partial charge in [0.25, 0.3) is 0 Å². The summed E-state index contributed by atoms with van der Waals surface area (Å²) in [6.45, 7) is 4.18. The van der Waals surface area contributed by atoms with Crippen LogP contribution in [0.15, 0.2) is 0 Å². The molecule has 3 nitrogen and oxygen atoms in total. The van der Waals surface area contributed by atoms with Crippen LogP contribution in [0.25, 0.3) is 0 Å². The molecule has 0 aromatic rings. The summed E-state index contributed by atoms with van der Waals surface area (Å²) in [6.07, 6.45) is 1.10. The van der Waals surface area contributed by atoms with Crippen molar-refractivity contribution in [1.29, 1.82) is 0 Å². The highest BCUT2D eigenvalue weighted by molar-refractivity contribution is 5.72. The van der Waals surface area contributed by atoms with E-state index >= 15 is 0 Å². The average Bonchev–Trinajstić information content (AvgIpc) is 1.87. The molecule has 0 fully saturated rings. The third kappa shape index (κ3) is 5.56. The van der Waals surface area contributed by atoms with Crippen LogP contribution in [0.1, 0.15) is 20.3 Å². The summed E-state index contributed by atoms with van der Waals surface area (Å²) >= 11 is 0. The molecule has 0 saturated heterocycles. The lowest BCUT2D eigenvalue weighted by molar-refractivity contribution is -0.119. The number of methoxy groups -OCH3 is 1. The Morgan fingerprint density at radius 2 is 2.30 bits per heavy atom. The summed E-state index contributed by atoms with van der Waals surface area (Å²) in [5.74, 6) is 0.0169. The quantitative estimate of drug-likeness (QED) is 0.627. The SMILES string of the molecule is CO[C@@H](C)CCNC(C)=O. The summed E-state index contributed by atoms with van der Waals surface area (Å²) in [4.78, 5) is 10.4. The largest absolute Gasteiger partial charge is 0.382 e. The Kier molecular flexibility index (Phi) is 4.94. The Morgan fingerprint density at radius 3 is 2.70 bits per heavy atom. The third-order valence-corrected chi connectivity index (χ3v) is 1.33. The van der Waals surface area contributed by atoms with Crippen molar-refractivity contribution in [2.45, 2.75) is 26.4 Å². The van der Waals surface area contributed by atoms with Gasteiger partial charge in [-0.1, -0.05) is 0 Å². The van der Waals surface area contributed by atoms with Crippen LogP contribution in [-0.4, -0.2) is 25.7 Å². The molecule has 0 aromatic heterocycles. The number of hydrogen-bond donors (Lipinski definition) is 1. The monoisotopic (exact) mass is 145 g/mol. The second-order valence-corrected chi connectivity index (χ2v) is 2.32. The van der Waals surface area contributed by atoms with Gasteiger partial charge in [0.05, 0.1) is 6.10 Å². The molecule has 3 heteroatoms. The van der Waals surface area contributed by atoms with Crippen LogP contribution in [0.2, 0.25) is 0 Å². The smallest absolute Gasteiger partial charge is 0.216 e. The third-order valence-electron chi connectivity index (χ3n) is 1.33. The molecule has 0 bridgehead atoms. The van der Waals surface area contributed by atoms with Gasteiger partial charge in [-0.25, -0.2) is 0 Å². The van der Waals surface area contributed by atoms with Crippen molar-refractivity contribution in [3.8, 4) is 0 Å². The van der Waals surface area contributed by atoms with Crippen molar-refractivity contribution in [3.63, 3.8) is 0 Å². The van der Waals surface area contributed by atoms with Crippen LogP contribution in [0.3, 0.4) is 0 Å². The fraction of sp³-hybridized carbons (Fsp3) is 0.857. The molecule has 1 amide bonds. The Labute approximate surface area is 61.8 Å². The standard InChI is InChI=1S/C7H15NO2/c1-6(10-3)4-5-8-7(2)9/h6H,4-5H2,1-3H3,(H,8,9)/t6-/m0/s1. The second kappa shape index (κ2) is 5.23. The van der Waals surface area contributed by atoms with Gasteiger partial charge in [0.1, 0.15) is 0 Å². The number of carbonyl (C=O) groups excluding carboxylic acids is 1. The van der Waals surface area contributed by atoms with Crippen molar-refractivity contribution < 1.29 is 9.53 Å². The van der Waals surface area contributed by atoms with Crippen LogP contribution in [0.5, 0.6) is 0 Å². The number of hydrogen-bond acceptors (Lipinski definition) is 2. The molecule has 10 heavy (non-hydrogen) atoms. The summed E-state index contributed by atoms with van der Waals surface area (Å²) in [5, 5.41) is 2.69. The molecule has 0 heterocycles. The second-order valence-electron chi connectivity index (χ2n) is 2.32. The predicted molar refractivity (Wildman–Crippen MR) is 39.8 cm³/mol. The van der Waals surface area contributed by atoms with E-state index in [2.05, 4.69) is 5.32 Å². The van der Waals surface area contributed by atoms with Gasteiger partial charge >= 0.3 is 0 Å². The first-order valence-corrected chi connectivity index (χ1v) is 3.44. The molecule has 0 aliphatic rings. The molecule has 0 aliphatic heterocycles. The number of nitrogens with one attached hydrogen (secondary N) is 1. The molecule has 0 unspecified atom stereocenters.